The summed E-state index contributed by atoms with van der Waals surface area (Å²) in [4.78, 5) is 0. The molecule has 0 radical (unpaired) electrons. The number of nitrogens with two attached hydrogens (primary N) is 2. The van der Waals surface area contributed by atoms with E-state index in [1.165, 1.54) is 44.9 Å². The van der Waals surface area contributed by atoms with Crippen molar-refractivity contribution in [1.29, 1.82) is 0 Å². The SMILES string of the molecule is CC.CC.CCCC(N)CC.CCCCCCCN.CO. The van der Waals surface area contributed by atoms with Crippen LogP contribution in [0.4, 0.5) is 0 Å². The minimum Gasteiger partial charge on any atom is -0.400 e. The van der Waals surface area contributed by atoms with Gasteiger partial charge in [-0.25, -0.2) is 0 Å². The Morgan fingerprint density at radius 1 is 0.762 bits per heavy atom. The van der Waals surface area contributed by atoms with Crippen molar-refractivity contribution in [2.45, 2.75) is 106 Å². The van der Waals surface area contributed by atoms with E-state index in [2.05, 4.69) is 20.8 Å². The molecule has 0 aliphatic heterocycles. The summed E-state index contributed by atoms with van der Waals surface area (Å²) in [6.45, 7) is 15.4. The van der Waals surface area contributed by atoms with E-state index in [9.17, 15) is 0 Å². The summed E-state index contributed by atoms with van der Waals surface area (Å²) < 4.78 is 0. The molecule has 0 bridgehead atoms. The minimum atomic E-state index is 0.449. The lowest BCUT2D eigenvalue weighted by Gasteiger charge is -2.03. The van der Waals surface area contributed by atoms with Crippen molar-refractivity contribution in [2.75, 3.05) is 13.7 Å². The van der Waals surface area contributed by atoms with Gasteiger partial charge in [0, 0.05) is 13.2 Å². The Balaban J connectivity index is -0.0000000600. The van der Waals surface area contributed by atoms with Crippen molar-refractivity contribution in [3.63, 3.8) is 0 Å². The predicted octanol–water partition coefficient (Wildman–Crippen LogP) is 5.10. The molecule has 0 heterocycles. The number of hydrogen-bond donors (Lipinski definition) is 3. The van der Waals surface area contributed by atoms with Crippen LogP contribution < -0.4 is 11.5 Å². The Labute approximate surface area is 136 Å². The van der Waals surface area contributed by atoms with Gasteiger partial charge in [0.05, 0.1) is 0 Å². The highest BCUT2D eigenvalue weighted by atomic mass is 16.2. The first kappa shape index (κ1) is 32.7. The first-order valence-corrected chi connectivity index (χ1v) is 9.13. The zero-order valence-corrected chi connectivity index (χ0v) is 16.5. The van der Waals surface area contributed by atoms with Crippen LogP contribution in [0, 0.1) is 0 Å². The van der Waals surface area contributed by atoms with E-state index < -0.39 is 0 Å². The lowest BCUT2D eigenvalue weighted by molar-refractivity contribution is 0.399. The molecule has 0 saturated heterocycles. The van der Waals surface area contributed by atoms with Crippen LogP contribution in [0.25, 0.3) is 0 Å². The van der Waals surface area contributed by atoms with Crippen LogP contribution in [-0.4, -0.2) is 24.8 Å². The highest BCUT2D eigenvalue weighted by Crippen LogP contribution is 2.00. The topological polar surface area (TPSA) is 72.3 Å². The second-order valence-electron chi connectivity index (χ2n) is 4.16. The third-order valence-electron chi connectivity index (χ3n) is 2.49. The number of aliphatic hydroxyl groups is 1. The Kier molecular flexibility index (Phi) is 78.2. The van der Waals surface area contributed by atoms with Crippen LogP contribution >= 0.6 is 0 Å². The van der Waals surface area contributed by atoms with Crippen molar-refractivity contribution in [2.24, 2.45) is 11.5 Å². The van der Waals surface area contributed by atoms with Gasteiger partial charge in [-0.3, -0.25) is 0 Å². The van der Waals surface area contributed by atoms with Crippen molar-refractivity contribution in [1.82, 2.24) is 0 Å². The van der Waals surface area contributed by atoms with Gasteiger partial charge in [-0.15, -0.1) is 0 Å². The van der Waals surface area contributed by atoms with Crippen molar-refractivity contribution in [3.8, 4) is 0 Å². The van der Waals surface area contributed by atoms with Crippen LogP contribution in [0.5, 0.6) is 0 Å². The second kappa shape index (κ2) is 50.2. The second-order valence-corrected chi connectivity index (χ2v) is 4.16. The molecule has 0 aliphatic carbocycles. The first-order valence-electron chi connectivity index (χ1n) is 9.13. The van der Waals surface area contributed by atoms with E-state index in [0.717, 1.165) is 20.1 Å². The van der Waals surface area contributed by atoms with Gasteiger partial charge < -0.3 is 16.6 Å². The summed E-state index contributed by atoms with van der Waals surface area (Å²) in [6.07, 6.45) is 10.1. The molecule has 0 saturated carbocycles. The Morgan fingerprint density at radius 3 is 1.43 bits per heavy atom. The Morgan fingerprint density at radius 2 is 1.19 bits per heavy atom. The molecule has 1 unspecified atom stereocenters. The summed E-state index contributed by atoms with van der Waals surface area (Å²) in [5, 5.41) is 7.00. The molecule has 3 nitrogen and oxygen atoms in total. The fourth-order valence-corrected chi connectivity index (χ4v) is 1.32. The molecule has 0 amide bonds. The maximum Gasteiger partial charge on any atom is 0.0319 e. The Bertz CT molecular complexity index is 95.2. The monoisotopic (exact) mass is 308 g/mol. The fourth-order valence-electron chi connectivity index (χ4n) is 1.32. The van der Waals surface area contributed by atoms with E-state index in [1.807, 2.05) is 27.7 Å². The van der Waals surface area contributed by atoms with E-state index >= 15 is 0 Å². The van der Waals surface area contributed by atoms with Gasteiger partial charge in [0.2, 0.25) is 0 Å². The molecule has 0 spiro atoms. The average molecular weight is 309 g/mol. The average Bonchev–Trinajstić information content (AvgIpc) is 2.58. The van der Waals surface area contributed by atoms with Gasteiger partial charge in [-0.2, -0.15) is 0 Å². The van der Waals surface area contributed by atoms with E-state index in [0.29, 0.717) is 6.04 Å². The van der Waals surface area contributed by atoms with Crippen molar-refractivity contribution < 1.29 is 5.11 Å². The van der Waals surface area contributed by atoms with Crippen molar-refractivity contribution in [3.05, 3.63) is 0 Å². The van der Waals surface area contributed by atoms with E-state index in [1.54, 1.807) is 0 Å². The summed E-state index contributed by atoms with van der Waals surface area (Å²) >= 11 is 0. The molecule has 21 heavy (non-hydrogen) atoms. The lowest BCUT2D eigenvalue weighted by atomic mass is 10.1. The van der Waals surface area contributed by atoms with Crippen LogP contribution in [0.1, 0.15) is 99.8 Å². The van der Waals surface area contributed by atoms with Gasteiger partial charge in [-0.05, 0) is 25.8 Å². The number of unbranched alkanes of at least 4 members (excludes halogenated alkanes) is 4. The smallest absolute Gasteiger partial charge is 0.0319 e. The molecule has 5 N–H and O–H groups in total. The van der Waals surface area contributed by atoms with Gasteiger partial charge in [0.25, 0.3) is 0 Å². The third-order valence-corrected chi connectivity index (χ3v) is 2.49. The van der Waals surface area contributed by atoms with Crippen LogP contribution in [0.15, 0.2) is 0 Å². The van der Waals surface area contributed by atoms with Crippen LogP contribution in [0.2, 0.25) is 0 Å². The van der Waals surface area contributed by atoms with E-state index in [-0.39, 0.29) is 0 Å². The largest absolute Gasteiger partial charge is 0.400 e. The maximum absolute atomic E-state index is 7.00. The number of aliphatic hydroxyl groups excluding tert-OH is 1. The molecule has 0 aromatic rings. The molecule has 136 valence electrons. The normalized spacial score (nSPS) is 9.29. The molecule has 0 aromatic heterocycles. The number of rotatable bonds is 8. The van der Waals surface area contributed by atoms with Gasteiger partial charge in [-0.1, -0.05) is 80.6 Å². The zero-order chi connectivity index (χ0) is 17.9. The fraction of sp³-hybridized carbons (Fsp3) is 1.00. The minimum absolute atomic E-state index is 0.449. The molecule has 0 fully saturated rings. The van der Waals surface area contributed by atoms with Crippen molar-refractivity contribution >= 4 is 0 Å². The molecular weight excluding hydrogens is 260 g/mol. The van der Waals surface area contributed by atoms with E-state index in [4.69, 9.17) is 16.6 Å². The highest BCUT2D eigenvalue weighted by Gasteiger charge is 1.92. The molecule has 0 aliphatic rings. The third kappa shape index (κ3) is 65.1. The Hall–Kier alpha value is -0.120. The van der Waals surface area contributed by atoms with Gasteiger partial charge in [0.15, 0.2) is 0 Å². The predicted molar refractivity (Wildman–Crippen MR) is 102 cm³/mol. The number of hydrogen-bond acceptors (Lipinski definition) is 3. The summed E-state index contributed by atoms with van der Waals surface area (Å²) in [5.74, 6) is 0. The molecule has 1 atom stereocenters. The maximum atomic E-state index is 7.00. The molecule has 0 rings (SSSR count). The highest BCUT2D eigenvalue weighted by molar-refractivity contribution is 4.54. The summed E-state index contributed by atoms with van der Waals surface area (Å²) in [6, 6.07) is 0.449. The van der Waals surface area contributed by atoms with Gasteiger partial charge in [0.1, 0.15) is 0 Å². The van der Waals surface area contributed by atoms with Gasteiger partial charge >= 0.3 is 0 Å². The standard InChI is InChI=1S/C7H17N.C6H15N.2C2H6.CH4O/c1-2-3-4-5-6-7-8;1-3-5-6(7)4-2;3*1-2/h2-8H2,1H3;6H,3-5,7H2,1-2H3;2*1-2H3;2H,1H3. The quantitative estimate of drug-likeness (QED) is 0.546. The summed E-state index contributed by atoms with van der Waals surface area (Å²) in [7, 11) is 1.00. The van der Waals surface area contributed by atoms with Crippen LogP contribution in [0.3, 0.4) is 0 Å². The zero-order valence-electron chi connectivity index (χ0n) is 16.5. The lowest BCUT2D eigenvalue weighted by Crippen LogP contribution is -2.17. The summed E-state index contributed by atoms with van der Waals surface area (Å²) in [5.41, 5.74) is 10.9. The van der Waals surface area contributed by atoms with Crippen LogP contribution in [-0.2, 0) is 0 Å². The molecular formula is C18H48N2O. The molecule has 0 aromatic carbocycles. The molecule has 3 heteroatoms. The first-order chi connectivity index (χ1) is 10.2.